The van der Waals surface area contributed by atoms with Gasteiger partial charge in [0.1, 0.15) is 0 Å². The van der Waals surface area contributed by atoms with Gasteiger partial charge in [-0.1, -0.05) is 75.4 Å². The van der Waals surface area contributed by atoms with Gasteiger partial charge in [-0.3, -0.25) is 0 Å². The summed E-state index contributed by atoms with van der Waals surface area (Å²) in [6.45, 7) is 6.74. The molecule has 0 saturated carbocycles. The summed E-state index contributed by atoms with van der Waals surface area (Å²) in [5.41, 5.74) is 4.10. The van der Waals surface area contributed by atoms with Crippen molar-refractivity contribution in [3.63, 3.8) is 0 Å². The first kappa shape index (κ1) is 15.5. The molecule has 0 nitrogen and oxygen atoms in total. The van der Waals surface area contributed by atoms with Crippen molar-refractivity contribution in [3.05, 3.63) is 70.7 Å². The quantitative estimate of drug-likeness (QED) is 0.449. The van der Waals surface area contributed by atoms with Crippen LogP contribution >= 0.6 is 27.3 Å². The van der Waals surface area contributed by atoms with Crippen LogP contribution in [-0.2, 0) is 5.41 Å². The van der Waals surface area contributed by atoms with Crippen molar-refractivity contribution in [2.75, 3.05) is 0 Å². The monoisotopic (exact) mass is 370 g/mol. The number of hydrogen-bond donors (Lipinski definition) is 0. The topological polar surface area (TPSA) is 0 Å². The Hall–Kier alpha value is -1.38. The molecule has 1 aromatic heterocycles. The minimum Gasteiger partial charge on any atom is -0.134 e. The fourth-order valence-corrected chi connectivity index (χ4v) is 4.35. The van der Waals surface area contributed by atoms with Crippen LogP contribution in [0.15, 0.2) is 65.1 Å². The van der Waals surface area contributed by atoms with E-state index in [2.05, 4.69) is 97.4 Å². The largest absolute Gasteiger partial charge is 0.134 e. The lowest BCUT2D eigenvalue weighted by atomic mass is 9.86. The van der Waals surface area contributed by atoms with E-state index in [4.69, 9.17) is 0 Å². The van der Waals surface area contributed by atoms with Gasteiger partial charge in [0.2, 0.25) is 0 Å². The lowest BCUT2D eigenvalue weighted by Crippen LogP contribution is -2.10. The summed E-state index contributed by atoms with van der Waals surface area (Å²) in [7, 11) is 0. The second-order valence-electron chi connectivity index (χ2n) is 6.48. The Morgan fingerprint density at radius 2 is 1.45 bits per heavy atom. The maximum Gasteiger partial charge on any atom is 0.0491 e. The minimum atomic E-state index is 0.195. The zero-order valence-corrected chi connectivity index (χ0v) is 15.5. The van der Waals surface area contributed by atoms with Crippen LogP contribution in [0.2, 0.25) is 0 Å². The number of thiophene rings is 1. The summed E-state index contributed by atoms with van der Waals surface area (Å²) in [4.78, 5) is 2.58. The summed E-state index contributed by atoms with van der Waals surface area (Å²) in [6, 6.07) is 21.7. The first-order valence-corrected chi connectivity index (χ1v) is 9.02. The van der Waals surface area contributed by atoms with Crippen LogP contribution in [-0.4, -0.2) is 0 Å². The van der Waals surface area contributed by atoms with E-state index in [-0.39, 0.29) is 5.41 Å². The van der Waals surface area contributed by atoms with Gasteiger partial charge in [0.15, 0.2) is 0 Å². The summed E-state index contributed by atoms with van der Waals surface area (Å²) < 4.78 is 1.17. The number of benzene rings is 2. The number of halogens is 1. The molecule has 3 aromatic rings. The summed E-state index contributed by atoms with van der Waals surface area (Å²) in [6.07, 6.45) is 0. The van der Waals surface area contributed by atoms with Crippen LogP contribution in [0.4, 0.5) is 0 Å². The Labute approximate surface area is 145 Å². The second-order valence-corrected chi connectivity index (χ2v) is 8.39. The molecule has 112 valence electrons. The highest BCUT2D eigenvalue weighted by Gasteiger charge is 2.15. The Kier molecular flexibility index (Phi) is 4.24. The molecule has 0 aliphatic heterocycles. The van der Waals surface area contributed by atoms with Crippen LogP contribution in [0, 0.1) is 0 Å². The van der Waals surface area contributed by atoms with Gasteiger partial charge in [0.25, 0.3) is 0 Å². The zero-order chi connectivity index (χ0) is 15.7. The lowest BCUT2D eigenvalue weighted by molar-refractivity contribution is 0.590. The highest BCUT2D eigenvalue weighted by Crippen LogP contribution is 2.41. The lowest BCUT2D eigenvalue weighted by Gasteiger charge is -2.19. The Morgan fingerprint density at radius 3 is 2.05 bits per heavy atom. The predicted octanol–water partition coefficient (Wildman–Crippen LogP) is 7.14. The minimum absolute atomic E-state index is 0.195. The molecule has 1 heterocycles. The van der Waals surface area contributed by atoms with Crippen molar-refractivity contribution in [2.24, 2.45) is 0 Å². The fraction of sp³-hybridized carbons (Fsp3) is 0.200. The molecular weight excluding hydrogens is 352 g/mol. The fourth-order valence-electron chi connectivity index (χ4n) is 2.43. The summed E-state index contributed by atoms with van der Waals surface area (Å²) >= 11 is 5.55. The molecule has 2 aromatic carbocycles. The van der Waals surface area contributed by atoms with Gasteiger partial charge in [-0.15, -0.1) is 11.3 Å². The Morgan fingerprint density at radius 1 is 0.818 bits per heavy atom. The van der Waals surface area contributed by atoms with E-state index >= 15 is 0 Å². The molecule has 0 spiro atoms. The van der Waals surface area contributed by atoms with E-state index in [1.807, 2.05) is 11.3 Å². The SMILES string of the molecule is CC(C)(C)c1ccc(-c2sc(-c3ccccc3)cc2Br)cc1. The van der Waals surface area contributed by atoms with Gasteiger partial charge < -0.3 is 0 Å². The molecular formula is C20H19BrS. The number of hydrogen-bond acceptors (Lipinski definition) is 1. The standard InChI is InChI=1S/C20H19BrS/c1-20(2,3)16-11-9-15(10-12-16)19-17(21)13-18(22-19)14-7-5-4-6-8-14/h4-13H,1-3H3. The molecule has 0 N–H and O–H groups in total. The second kappa shape index (κ2) is 6.02. The van der Waals surface area contributed by atoms with Crippen molar-refractivity contribution in [1.29, 1.82) is 0 Å². The molecule has 0 unspecified atom stereocenters. The van der Waals surface area contributed by atoms with E-state index in [1.165, 1.54) is 30.9 Å². The van der Waals surface area contributed by atoms with Crippen LogP contribution in [0.25, 0.3) is 20.9 Å². The molecule has 0 aliphatic rings. The van der Waals surface area contributed by atoms with E-state index in [0.717, 1.165) is 0 Å². The summed E-state index contributed by atoms with van der Waals surface area (Å²) in [5.74, 6) is 0. The van der Waals surface area contributed by atoms with E-state index in [1.54, 1.807) is 0 Å². The molecule has 0 amide bonds. The van der Waals surface area contributed by atoms with Crippen LogP contribution in [0.1, 0.15) is 26.3 Å². The van der Waals surface area contributed by atoms with Crippen molar-refractivity contribution in [2.45, 2.75) is 26.2 Å². The molecule has 0 saturated heterocycles. The molecule has 2 heteroatoms. The first-order valence-electron chi connectivity index (χ1n) is 7.41. The third kappa shape index (κ3) is 3.18. The van der Waals surface area contributed by atoms with Crippen LogP contribution < -0.4 is 0 Å². The van der Waals surface area contributed by atoms with E-state index < -0.39 is 0 Å². The average molecular weight is 371 g/mol. The molecule has 3 rings (SSSR count). The van der Waals surface area contributed by atoms with Crippen LogP contribution in [0.3, 0.4) is 0 Å². The highest BCUT2D eigenvalue weighted by molar-refractivity contribution is 9.10. The van der Waals surface area contributed by atoms with Crippen LogP contribution in [0.5, 0.6) is 0 Å². The molecule has 0 bridgehead atoms. The normalized spacial score (nSPS) is 11.6. The average Bonchev–Trinajstić information content (AvgIpc) is 2.89. The van der Waals surface area contributed by atoms with Crippen molar-refractivity contribution >= 4 is 27.3 Å². The first-order chi connectivity index (χ1) is 10.4. The van der Waals surface area contributed by atoms with Gasteiger partial charge in [-0.05, 0) is 44.1 Å². The van der Waals surface area contributed by atoms with E-state index in [0.29, 0.717) is 0 Å². The molecule has 0 aliphatic carbocycles. The van der Waals surface area contributed by atoms with Gasteiger partial charge >= 0.3 is 0 Å². The third-order valence-corrected chi connectivity index (χ3v) is 5.88. The van der Waals surface area contributed by atoms with Crippen molar-refractivity contribution < 1.29 is 0 Å². The Balaban J connectivity index is 1.98. The molecule has 0 atom stereocenters. The van der Waals surface area contributed by atoms with Gasteiger partial charge in [-0.2, -0.15) is 0 Å². The summed E-state index contributed by atoms with van der Waals surface area (Å²) in [5, 5.41) is 0. The molecule has 0 fully saturated rings. The van der Waals surface area contributed by atoms with E-state index in [9.17, 15) is 0 Å². The van der Waals surface area contributed by atoms with Crippen molar-refractivity contribution in [3.8, 4) is 20.9 Å². The van der Waals surface area contributed by atoms with Gasteiger partial charge in [0, 0.05) is 14.2 Å². The zero-order valence-electron chi connectivity index (χ0n) is 13.1. The molecule has 0 radical (unpaired) electrons. The van der Waals surface area contributed by atoms with Gasteiger partial charge in [0.05, 0.1) is 0 Å². The maximum atomic E-state index is 3.72. The third-order valence-electron chi connectivity index (χ3n) is 3.76. The predicted molar refractivity (Wildman–Crippen MR) is 102 cm³/mol. The van der Waals surface area contributed by atoms with Gasteiger partial charge in [-0.25, -0.2) is 0 Å². The smallest absolute Gasteiger partial charge is 0.0491 e. The molecule has 22 heavy (non-hydrogen) atoms. The number of rotatable bonds is 2. The van der Waals surface area contributed by atoms with Crippen molar-refractivity contribution in [1.82, 2.24) is 0 Å². The maximum absolute atomic E-state index is 3.72. The Bertz CT molecular complexity index is 762. The highest BCUT2D eigenvalue weighted by atomic mass is 79.9.